The Bertz CT molecular complexity index is 258. The molecule has 0 aromatic carbocycles. The van der Waals surface area contributed by atoms with Crippen LogP contribution >= 0.6 is 0 Å². The van der Waals surface area contributed by atoms with E-state index in [0.29, 0.717) is 5.56 Å². The highest BCUT2D eigenvalue weighted by atomic mass is 19.1. The lowest BCUT2D eigenvalue weighted by Gasteiger charge is -2.15. The summed E-state index contributed by atoms with van der Waals surface area (Å²) in [6.07, 6.45) is 0. The largest absolute Gasteiger partial charge is 0.308 e. The highest BCUT2D eigenvalue weighted by molar-refractivity contribution is 5.20. The van der Waals surface area contributed by atoms with E-state index < -0.39 is 11.9 Å². The lowest BCUT2D eigenvalue weighted by molar-refractivity contribution is 0.499. The van der Waals surface area contributed by atoms with Crippen molar-refractivity contribution in [3.05, 3.63) is 23.5 Å². The van der Waals surface area contributed by atoms with Gasteiger partial charge in [0.05, 0.1) is 0 Å². The van der Waals surface area contributed by atoms with Gasteiger partial charge in [0.2, 0.25) is 0 Å². The highest BCUT2D eigenvalue weighted by Gasteiger charge is 2.20. The molecule has 0 aliphatic carbocycles. The summed E-state index contributed by atoms with van der Waals surface area (Å²) in [4.78, 5) is 1.98. The van der Waals surface area contributed by atoms with E-state index in [1.807, 2.05) is 25.8 Å². The van der Waals surface area contributed by atoms with Crippen LogP contribution in [0.1, 0.15) is 26.3 Å². The van der Waals surface area contributed by atoms with E-state index >= 15 is 0 Å². The minimum atomic E-state index is -0.618. The summed E-state index contributed by atoms with van der Waals surface area (Å²) < 4.78 is 25.2. The first-order valence-corrected chi connectivity index (χ1v) is 3.46. The Morgan fingerprint density at radius 2 is 1.82 bits per heavy atom. The van der Waals surface area contributed by atoms with Crippen molar-refractivity contribution in [2.45, 2.75) is 26.2 Å². The van der Waals surface area contributed by atoms with E-state index in [0.717, 1.165) is 0 Å². The number of rotatable bonds is 0. The van der Waals surface area contributed by atoms with Crippen molar-refractivity contribution >= 4 is 0 Å². The fraction of sp³-hybridized carbons (Fsp3) is 0.500. The van der Waals surface area contributed by atoms with Crippen molar-refractivity contribution in [2.24, 2.45) is 0 Å². The minimum Gasteiger partial charge on any atom is -0.308 e. The molecular weight excluding hydrogens is 148 g/mol. The van der Waals surface area contributed by atoms with E-state index in [9.17, 15) is 8.78 Å². The SMILES string of the molecule is CC(C)(C)c1cc(F)[nH]c1F. The summed E-state index contributed by atoms with van der Waals surface area (Å²) in [5.41, 5.74) is 0.0419. The van der Waals surface area contributed by atoms with Gasteiger partial charge in [0.1, 0.15) is 0 Å². The van der Waals surface area contributed by atoms with Crippen LogP contribution in [0.4, 0.5) is 8.78 Å². The number of aromatic amines is 1. The average Bonchev–Trinajstić information content (AvgIpc) is 2.08. The molecule has 0 radical (unpaired) electrons. The van der Waals surface area contributed by atoms with Gasteiger partial charge in [0, 0.05) is 5.56 Å². The molecule has 11 heavy (non-hydrogen) atoms. The molecule has 0 aliphatic rings. The molecule has 0 unspecified atom stereocenters. The van der Waals surface area contributed by atoms with E-state index in [1.54, 1.807) is 0 Å². The Hall–Kier alpha value is -0.860. The lowest BCUT2D eigenvalue weighted by atomic mass is 9.89. The second kappa shape index (κ2) is 2.32. The zero-order valence-electron chi connectivity index (χ0n) is 6.83. The van der Waals surface area contributed by atoms with Crippen LogP contribution in [0.3, 0.4) is 0 Å². The zero-order chi connectivity index (χ0) is 8.65. The van der Waals surface area contributed by atoms with Crippen LogP contribution in [0.2, 0.25) is 0 Å². The van der Waals surface area contributed by atoms with Gasteiger partial charge in [-0.15, -0.1) is 0 Å². The van der Waals surface area contributed by atoms with Gasteiger partial charge in [-0.3, -0.25) is 0 Å². The molecule has 1 aromatic rings. The Kier molecular flexibility index (Phi) is 1.74. The van der Waals surface area contributed by atoms with Gasteiger partial charge in [0.15, 0.2) is 11.9 Å². The Labute approximate surface area is 64.4 Å². The third kappa shape index (κ3) is 1.59. The summed E-state index contributed by atoms with van der Waals surface area (Å²) in [6, 6.07) is 1.19. The van der Waals surface area contributed by atoms with Gasteiger partial charge >= 0.3 is 0 Å². The summed E-state index contributed by atoms with van der Waals surface area (Å²) >= 11 is 0. The van der Waals surface area contributed by atoms with E-state index in [1.165, 1.54) is 6.07 Å². The van der Waals surface area contributed by atoms with Crippen LogP contribution in [0.25, 0.3) is 0 Å². The molecule has 1 heterocycles. The molecule has 0 saturated heterocycles. The summed E-state index contributed by atoms with van der Waals surface area (Å²) in [6.45, 7) is 5.50. The monoisotopic (exact) mass is 159 g/mol. The number of halogens is 2. The number of nitrogens with one attached hydrogen (secondary N) is 1. The van der Waals surface area contributed by atoms with Gasteiger partial charge in [-0.1, -0.05) is 20.8 Å². The summed E-state index contributed by atoms with van der Waals surface area (Å²) in [5, 5.41) is 0. The summed E-state index contributed by atoms with van der Waals surface area (Å²) in [7, 11) is 0. The Balaban J connectivity index is 3.13. The molecular formula is C8H11F2N. The van der Waals surface area contributed by atoms with Crippen LogP contribution in [-0.4, -0.2) is 4.98 Å². The van der Waals surface area contributed by atoms with Gasteiger partial charge in [-0.25, -0.2) is 0 Å². The number of hydrogen-bond acceptors (Lipinski definition) is 0. The number of H-pyrrole nitrogens is 1. The van der Waals surface area contributed by atoms with Crippen LogP contribution in [0.15, 0.2) is 6.07 Å². The van der Waals surface area contributed by atoms with Gasteiger partial charge in [-0.05, 0) is 11.5 Å². The first-order valence-electron chi connectivity index (χ1n) is 3.46. The molecule has 0 amide bonds. The molecule has 0 bridgehead atoms. The first kappa shape index (κ1) is 8.24. The zero-order valence-corrected chi connectivity index (χ0v) is 6.83. The fourth-order valence-electron chi connectivity index (χ4n) is 0.944. The molecule has 0 saturated carbocycles. The number of aromatic nitrogens is 1. The van der Waals surface area contributed by atoms with Crippen LogP contribution in [-0.2, 0) is 5.41 Å². The maximum atomic E-state index is 12.8. The predicted molar refractivity (Wildman–Crippen MR) is 39.4 cm³/mol. The molecule has 0 atom stereocenters. The van der Waals surface area contributed by atoms with Gasteiger partial charge < -0.3 is 4.98 Å². The third-order valence-electron chi connectivity index (χ3n) is 1.54. The molecule has 1 N–H and O–H groups in total. The van der Waals surface area contributed by atoms with Crippen molar-refractivity contribution in [3.8, 4) is 0 Å². The molecule has 62 valence electrons. The van der Waals surface area contributed by atoms with Gasteiger partial charge in [-0.2, -0.15) is 8.78 Å². The highest BCUT2D eigenvalue weighted by Crippen LogP contribution is 2.24. The van der Waals surface area contributed by atoms with E-state index in [-0.39, 0.29) is 5.41 Å². The molecule has 3 heteroatoms. The standard InChI is InChI=1S/C8H11F2N/c1-8(2,3)5-4-6(9)11-7(5)10/h4,11H,1-3H3. The van der Waals surface area contributed by atoms with Crippen LogP contribution < -0.4 is 0 Å². The van der Waals surface area contributed by atoms with Crippen LogP contribution in [0, 0.1) is 11.9 Å². The van der Waals surface area contributed by atoms with Crippen molar-refractivity contribution in [1.82, 2.24) is 4.98 Å². The molecule has 0 aliphatic heterocycles. The first-order chi connectivity index (χ1) is 4.91. The minimum absolute atomic E-state index is 0.342. The quantitative estimate of drug-likeness (QED) is 0.598. The lowest BCUT2D eigenvalue weighted by Crippen LogP contribution is -2.11. The molecule has 0 spiro atoms. The molecule has 1 rings (SSSR count). The smallest absolute Gasteiger partial charge is 0.197 e. The van der Waals surface area contributed by atoms with Crippen molar-refractivity contribution in [1.29, 1.82) is 0 Å². The van der Waals surface area contributed by atoms with Crippen LogP contribution in [0.5, 0.6) is 0 Å². The molecule has 1 nitrogen and oxygen atoms in total. The second-order valence-electron chi connectivity index (χ2n) is 3.59. The predicted octanol–water partition coefficient (Wildman–Crippen LogP) is 2.59. The second-order valence-corrected chi connectivity index (χ2v) is 3.59. The van der Waals surface area contributed by atoms with Crippen molar-refractivity contribution in [2.75, 3.05) is 0 Å². The molecule has 1 aromatic heterocycles. The molecule has 0 fully saturated rings. The number of hydrogen-bond donors (Lipinski definition) is 1. The van der Waals surface area contributed by atoms with Crippen molar-refractivity contribution < 1.29 is 8.78 Å². The Morgan fingerprint density at radius 3 is 2.00 bits per heavy atom. The third-order valence-corrected chi connectivity index (χ3v) is 1.54. The topological polar surface area (TPSA) is 15.8 Å². The van der Waals surface area contributed by atoms with Gasteiger partial charge in [0.25, 0.3) is 0 Å². The van der Waals surface area contributed by atoms with E-state index in [2.05, 4.69) is 0 Å². The maximum absolute atomic E-state index is 12.8. The average molecular weight is 159 g/mol. The summed E-state index contributed by atoms with van der Waals surface area (Å²) in [5.74, 6) is -1.19. The fourth-order valence-corrected chi connectivity index (χ4v) is 0.944. The normalized spacial score (nSPS) is 12.1. The van der Waals surface area contributed by atoms with Crippen molar-refractivity contribution in [3.63, 3.8) is 0 Å². The van der Waals surface area contributed by atoms with E-state index in [4.69, 9.17) is 0 Å². The Morgan fingerprint density at radius 1 is 1.27 bits per heavy atom. The maximum Gasteiger partial charge on any atom is 0.197 e.